The number of hydrogen-bond acceptors (Lipinski definition) is 2. The molecule has 0 spiro atoms. The Hall–Kier alpha value is -1.26. The monoisotopic (exact) mass is 268 g/mol. The van der Waals surface area contributed by atoms with Crippen LogP contribution in [0.25, 0.3) is 0 Å². The Morgan fingerprint density at radius 1 is 1.32 bits per heavy atom. The van der Waals surface area contributed by atoms with Gasteiger partial charge < -0.3 is 15.3 Å². The molecule has 5 heteroatoms. The van der Waals surface area contributed by atoms with Gasteiger partial charge >= 0.3 is 12.0 Å². The molecular formula is C14H24N2O3. The third-order valence-electron chi connectivity index (χ3n) is 4.60. The Kier molecular flexibility index (Phi) is 4.02. The van der Waals surface area contributed by atoms with Crippen LogP contribution in [0.5, 0.6) is 0 Å². The van der Waals surface area contributed by atoms with Crippen molar-refractivity contribution in [1.29, 1.82) is 0 Å². The lowest BCUT2D eigenvalue weighted by Gasteiger charge is -2.38. The molecule has 2 fully saturated rings. The molecule has 1 aliphatic heterocycles. The van der Waals surface area contributed by atoms with Gasteiger partial charge in [0.25, 0.3) is 0 Å². The topological polar surface area (TPSA) is 69.6 Å². The predicted octanol–water partition coefficient (Wildman–Crippen LogP) is 2.21. The second-order valence-electron chi connectivity index (χ2n) is 6.30. The molecule has 2 atom stereocenters. The van der Waals surface area contributed by atoms with Crippen LogP contribution in [0.3, 0.4) is 0 Å². The zero-order valence-electron chi connectivity index (χ0n) is 11.8. The molecule has 0 aromatic rings. The molecule has 2 aliphatic rings. The van der Waals surface area contributed by atoms with Gasteiger partial charge in [-0.1, -0.05) is 12.8 Å². The SMILES string of the molecule is CC1CC(C(=O)O)CCN1C(=O)NC1(C)CCCC1. The van der Waals surface area contributed by atoms with Gasteiger partial charge in [-0.05, 0) is 39.5 Å². The van der Waals surface area contributed by atoms with E-state index in [9.17, 15) is 9.59 Å². The molecule has 2 amide bonds. The van der Waals surface area contributed by atoms with Gasteiger partial charge in [-0.3, -0.25) is 4.79 Å². The number of likely N-dealkylation sites (tertiary alicyclic amines) is 1. The zero-order valence-corrected chi connectivity index (χ0v) is 11.8. The number of carbonyl (C=O) groups excluding carboxylic acids is 1. The summed E-state index contributed by atoms with van der Waals surface area (Å²) in [6, 6.07) is -0.0272. The summed E-state index contributed by atoms with van der Waals surface area (Å²) >= 11 is 0. The van der Waals surface area contributed by atoms with E-state index in [2.05, 4.69) is 12.2 Å². The molecule has 19 heavy (non-hydrogen) atoms. The van der Waals surface area contributed by atoms with Crippen LogP contribution in [0.1, 0.15) is 52.4 Å². The van der Waals surface area contributed by atoms with E-state index >= 15 is 0 Å². The second kappa shape index (κ2) is 5.39. The number of amides is 2. The summed E-state index contributed by atoms with van der Waals surface area (Å²) < 4.78 is 0. The minimum Gasteiger partial charge on any atom is -0.481 e. The standard InChI is InChI=1S/C14H24N2O3/c1-10-9-11(12(17)18)5-8-16(10)13(19)15-14(2)6-3-4-7-14/h10-11H,3-9H2,1-2H3,(H,15,19)(H,17,18). The lowest BCUT2D eigenvalue weighted by molar-refractivity contribution is -0.143. The zero-order chi connectivity index (χ0) is 14.0. The molecule has 2 unspecified atom stereocenters. The van der Waals surface area contributed by atoms with Gasteiger partial charge in [0.1, 0.15) is 0 Å². The minimum absolute atomic E-state index is 0.000136. The van der Waals surface area contributed by atoms with Crippen LogP contribution in [0.4, 0.5) is 4.79 Å². The van der Waals surface area contributed by atoms with E-state index in [1.807, 2.05) is 6.92 Å². The molecule has 1 heterocycles. The fourth-order valence-corrected chi connectivity index (χ4v) is 3.31. The van der Waals surface area contributed by atoms with Crippen molar-refractivity contribution in [1.82, 2.24) is 10.2 Å². The van der Waals surface area contributed by atoms with Crippen LogP contribution in [-0.4, -0.2) is 40.1 Å². The number of carboxylic acid groups (broad SMARTS) is 1. The highest BCUT2D eigenvalue weighted by Gasteiger charge is 2.36. The van der Waals surface area contributed by atoms with E-state index in [-0.39, 0.29) is 23.5 Å². The molecule has 1 saturated carbocycles. The van der Waals surface area contributed by atoms with Crippen molar-refractivity contribution in [2.75, 3.05) is 6.54 Å². The summed E-state index contributed by atoms with van der Waals surface area (Å²) in [5, 5.41) is 12.2. The number of nitrogens with one attached hydrogen (secondary N) is 1. The number of hydrogen-bond donors (Lipinski definition) is 2. The molecule has 1 saturated heterocycles. The molecule has 1 aliphatic carbocycles. The maximum atomic E-state index is 12.3. The van der Waals surface area contributed by atoms with Crippen LogP contribution in [0, 0.1) is 5.92 Å². The fraction of sp³-hybridized carbons (Fsp3) is 0.857. The van der Waals surface area contributed by atoms with Gasteiger partial charge in [0, 0.05) is 18.1 Å². The van der Waals surface area contributed by atoms with Gasteiger partial charge in [-0.25, -0.2) is 4.79 Å². The number of carboxylic acids is 1. The van der Waals surface area contributed by atoms with Crippen molar-refractivity contribution < 1.29 is 14.7 Å². The third-order valence-corrected chi connectivity index (χ3v) is 4.60. The first-order chi connectivity index (χ1) is 8.91. The molecule has 2 N–H and O–H groups in total. The molecule has 0 aromatic carbocycles. The lowest BCUT2D eigenvalue weighted by atomic mass is 9.92. The first-order valence-corrected chi connectivity index (χ1v) is 7.23. The highest BCUT2D eigenvalue weighted by molar-refractivity contribution is 5.76. The van der Waals surface area contributed by atoms with Gasteiger partial charge in [0.2, 0.25) is 0 Å². The van der Waals surface area contributed by atoms with Gasteiger partial charge in [-0.15, -0.1) is 0 Å². The average Bonchev–Trinajstić information content (AvgIpc) is 2.75. The van der Waals surface area contributed by atoms with E-state index in [1.54, 1.807) is 4.90 Å². The van der Waals surface area contributed by atoms with E-state index < -0.39 is 5.97 Å². The summed E-state index contributed by atoms with van der Waals surface area (Å²) in [6.07, 6.45) is 5.54. The van der Waals surface area contributed by atoms with Crippen molar-refractivity contribution in [3.8, 4) is 0 Å². The highest BCUT2D eigenvalue weighted by atomic mass is 16.4. The number of rotatable bonds is 2. The Bertz CT molecular complexity index is 364. The van der Waals surface area contributed by atoms with Crippen molar-refractivity contribution in [3.05, 3.63) is 0 Å². The largest absolute Gasteiger partial charge is 0.481 e. The van der Waals surface area contributed by atoms with Crippen molar-refractivity contribution in [2.24, 2.45) is 5.92 Å². The molecule has 108 valence electrons. The molecule has 0 bridgehead atoms. The van der Waals surface area contributed by atoms with Crippen LogP contribution < -0.4 is 5.32 Å². The van der Waals surface area contributed by atoms with E-state index in [1.165, 1.54) is 12.8 Å². The van der Waals surface area contributed by atoms with Crippen LogP contribution in [0.15, 0.2) is 0 Å². The normalized spacial score (nSPS) is 30.1. The van der Waals surface area contributed by atoms with Gasteiger partial charge in [0.05, 0.1) is 5.92 Å². The summed E-state index contributed by atoms with van der Waals surface area (Å²) in [7, 11) is 0. The summed E-state index contributed by atoms with van der Waals surface area (Å²) in [4.78, 5) is 25.1. The van der Waals surface area contributed by atoms with Crippen molar-refractivity contribution >= 4 is 12.0 Å². The first-order valence-electron chi connectivity index (χ1n) is 7.23. The molecule has 2 rings (SSSR count). The molecule has 0 aromatic heterocycles. The summed E-state index contributed by atoms with van der Waals surface area (Å²) in [5.41, 5.74) is -0.0690. The van der Waals surface area contributed by atoms with E-state index in [4.69, 9.17) is 5.11 Å². The number of urea groups is 1. The van der Waals surface area contributed by atoms with Gasteiger partial charge in [0.15, 0.2) is 0 Å². The Labute approximate surface area is 114 Å². The predicted molar refractivity (Wildman–Crippen MR) is 71.9 cm³/mol. The van der Waals surface area contributed by atoms with E-state index in [0.717, 1.165) is 12.8 Å². The van der Waals surface area contributed by atoms with Crippen LogP contribution >= 0.6 is 0 Å². The third kappa shape index (κ3) is 3.19. The number of nitrogens with zero attached hydrogens (tertiary/aromatic N) is 1. The molecule has 0 radical (unpaired) electrons. The van der Waals surface area contributed by atoms with E-state index in [0.29, 0.717) is 19.4 Å². The smallest absolute Gasteiger partial charge is 0.318 e. The first kappa shape index (κ1) is 14.2. The Morgan fingerprint density at radius 2 is 1.95 bits per heavy atom. The number of aliphatic carboxylic acids is 1. The van der Waals surface area contributed by atoms with Gasteiger partial charge in [-0.2, -0.15) is 0 Å². The maximum absolute atomic E-state index is 12.3. The fourth-order valence-electron chi connectivity index (χ4n) is 3.31. The van der Waals surface area contributed by atoms with Crippen molar-refractivity contribution in [2.45, 2.75) is 64.0 Å². The van der Waals surface area contributed by atoms with Crippen LogP contribution in [0.2, 0.25) is 0 Å². The lowest BCUT2D eigenvalue weighted by Crippen LogP contribution is -2.55. The maximum Gasteiger partial charge on any atom is 0.318 e. The Morgan fingerprint density at radius 3 is 2.47 bits per heavy atom. The number of carbonyl (C=O) groups is 2. The van der Waals surface area contributed by atoms with Crippen molar-refractivity contribution in [3.63, 3.8) is 0 Å². The minimum atomic E-state index is -0.741. The Balaban J connectivity index is 1.91. The highest BCUT2D eigenvalue weighted by Crippen LogP contribution is 2.30. The second-order valence-corrected chi connectivity index (χ2v) is 6.30. The average molecular weight is 268 g/mol. The molecule has 5 nitrogen and oxygen atoms in total. The summed E-state index contributed by atoms with van der Waals surface area (Å²) in [6.45, 7) is 4.58. The number of piperidine rings is 1. The molecular weight excluding hydrogens is 244 g/mol. The quantitative estimate of drug-likeness (QED) is 0.806. The summed E-state index contributed by atoms with van der Waals surface area (Å²) in [5.74, 6) is -1.05. The van der Waals surface area contributed by atoms with Crippen LogP contribution in [-0.2, 0) is 4.79 Å².